The summed E-state index contributed by atoms with van der Waals surface area (Å²) < 4.78 is 30.0. The molecule has 15 nitrogen and oxygen atoms in total. The van der Waals surface area contributed by atoms with Gasteiger partial charge in [-0.1, -0.05) is 58.9 Å². The molecular formula is C45H64N4O11Si. The fourth-order valence-electron chi connectivity index (χ4n) is 8.95. The Morgan fingerprint density at radius 2 is 1.70 bits per heavy atom. The van der Waals surface area contributed by atoms with E-state index in [1.54, 1.807) is 18.2 Å². The molecule has 0 bridgehead atoms. The van der Waals surface area contributed by atoms with Crippen LogP contribution in [0.25, 0.3) is 0 Å². The zero-order valence-electron chi connectivity index (χ0n) is 36.7. The van der Waals surface area contributed by atoms with Gasteiger partial charge < -0.3 is 34.0 Å². The van der Waals surface area contributed by atoms with E-state index in [1.807, 2.05) is 0 Å². The van der Waals surface area contributed by atoms with Gasteiger partial charge >= 0.3 is 12.1 Å². The Kier molecular flexibility index (Phi) is 14.9. The van der Waals surface area contributed by atoms with Gasteiger partial charge in [0.15, 0.2) is 8.32 Å². The first-order chi connectivity index (χ1) is 28.9. The molecule has 0 radical (unpaired) electrons. The van der Waals surface area contributed by atoms with Crippen molar-refractivity contribution < 1.29 is 52.1 Å². The number of hydrogen-bond donors (Lipinski definition) is 3. The number of nitrogens with zero attached hydrogens (tertiary/aromatic N) is 1. The van der Waals surface area contributed by atoms with E-state index in [4.69, 9.17) is 23.4 Å². The van der Waals surface area contributed by atoms with Gasteiger partial charge in [-0.2, -0.15) is 0 Å². The summed E-state index contributed by atoms with van der Waals surface area (Å²) in [7, 11) is -2.04. The number of fused-ring (bicyclic) bond motifs is 2. The summed E-state index contributed by atoms with van der Waals surface area (Å²) in [4.78, 5) is 77.1. The normalized spacial score (nSPS) is 27.8. The van der Waals surface area contributed by atoms with Gasteiger partial charge in [-0.15, -0.1) is 0 Å². The van der Waals surface area contributed by atoms with Crippen LogP contribution in [-0.2, 0) is 37.8 Å². The van der Waals surface area contributed by atoms with Gasteiger partial charge in [0.2, 0.25) is 11.8 Å². The number of carbonyl (C=O) groups excluding carboxylic acids is 6. The number of rotatable bonds is 17. The van der Waals surface area contributed by atoms with Crippen LogP contribution in [0, 0.1) is 23.7 Å². The molecule has 2 fully saturated rings. The quantitative estimate of drug-likeness (QED) is 0.0729. The van der Waals surface area contributed by atoms with Crippen molar-refractivity contribution in [2.45, 2.75) is 122 Å². The van der Waals surface area contributed by atoms with Gasteiger partial charge in [0.05, 0.1) is 50.1 Å². The Morgan fingerprint density at radius 1 is 0.967 bits per heavy atom. The topological polar surface area (TPSA) is 188 Å². The number of esters is 1. The monoisotopic (exact) mass is 864 g/mol. The summed E-state index contributed by atoms with van der Waals surface area (Å²) in [5, 5.41) is 8.24. The van der Waals surface area contributed by atoms with E-state index in [2.05, 4.69) is 81.9 Å². The SMILES string of the molecule is C[C@H]1C=C2C=C[C@H](C)[C@H](CC[C@@H]3C[C@@H](O[Si](C)(C)C(C)(C)C)CC(=O)O3)[C@H]2[C@@H](OC(=O)NCCOCCOCCNc2cccc3c2C(=O)N(C2CCC(=O)NC2=O)C3=O)C1. The highest BCUT2D eigenvalue weighted by atomic mass is 28.4. The third-order valence-corrected chi connectivity index (χ3v) is 17.6. The van der Waals surface area contributed by atoms with Gasteiger partial charge in [0, 0.05) is 37.5 Å². The van der Waals surface area contributed by atoms with Crippen molar-refractivity contribution in [2.24, 2.45) is 23.7 Å². The van der Waals surface area contributed by atoms with Crippen LogP contribution in [0.2, 0.25) is 18.1 Å². The number of alkyl carbamates (subject to hydrolysis) is 1. The number of imide groups is 2. The molecule has 3 N–H and O–H groups in total. The van der Waals surface area contributed by atoms with Crippen molar-refractivity contribution in [3.8, 4) is 0 Å². The van der Waals surface area contributed by atoms with Crippen molar-refractivity contribution >= 4 is 49.7 Å². The highest BCUT2D eigenvalue weighted by Gasteiger charge is 2.47. The number of cyclic esters (lactones) is 1. The molecule has 2 aliphatic carbocycles. The fourth-order valence-corrected chi connectivity index (χ4v) is 10.3. The Bertz CT molecular complexity index is 1890. The van der Waals surface area contributed by atoms with Crippen LogP contribution in [-0.4, -0.2) is 113 Å². The van der Waals surface area contributed by atoms with Crippen LogP contribution in [0.5, 0.6) is 0 Å². The number of piperidine rings is 1. The Labute approximate surface area is 360 Å². The molecule has 0 saturated carbocycles. The van der Waals surface area contributed by atoms with Crippen molar-refractivity contribution in [3.63, 3.8) is 0 Å². The minimum atomic E-state index is -2.04. The van der Waals surface area contributed by atoms with Crippen LogP contribution in [0.4, 0.5) is 10.5 Å². The van der Waals surface area contributed by atoms with E-state index in [1.165, 1.54) is 5.57 Å². The van der Waals surface area contributed by atoms with Crippen LogP contribution in [0.3, 0.4) is 0 Å². The second kappa shape index (κ2) is 19.8. The molecule has 6 rings (SSSR count). The molecule has 1 aromatic carbocycles. The Morgan fingerprint density at radius 3 is 2.43 bits per heavy atom. The molecule has 3 aliphatic heterocycles. The second-order valence-electron chi connectivity index (χ2n) is 18.6. The maximum atomic E-state index is 13.3. The molecule has 5 aliphatic rings. The molecule has 1 unspecified atom stereocenters. The molecule has 2 saturated heterocycles. The van der Waals surface area contributed by atoms with Crippen LogP contribution >= 0.6 is 0 Å². The average Bonchev–Trinajstić information content (AvgIpc) is 3.43. The predicted octanol–water partition coefficient (Wildman–Crippen LogP) is 5.91. The average molecular weight is 865 g/mol. The number of anilines is 1. The summed E-state index contributed by atoms with van der Waals surface area (Å²) in [6, 6.07) is 3.86. The van der Waals surface area contributed by atoms with Crippen LogP contribution in [0.15, 0.2) is 42.0 Å². The molecular weight excluding hydrogens is 801 g/mol. The lowest BCUT2D eigenvalue weighted by molar-refractivity contribution is -0.160. The van der Waals surface area contributed by atoms with Crippen molar-refractivity contribution in [3.05, 3.63) is 53.1 Å². The summed E-state index contributed by atoms with van der Waals surface area (Å²) in [6.07, 6.45) is 9.04. The smallest absolute Gasteiger partial charge is 0.407 e. The van der Waals surface area contributed by atoms with Crippen molar-refractivity contribution in [1.29, 1.82) is 0 Å². The van der Waals surface area contributed by atoms with E-state index in [0.717, 1.165) is 24.2 Å². The molecule has 16 heteroatoms. The highest BCUT2D eigenvalue weighted by Crippen LogP contribution is 2.46. The molecule has 3 heterocycles. The fraction of sp³-hybridized carbons (Fsp3) is 0.644. The summed E-state index contributed by atoms with van der Waals surface area (Å²) in [6.45, 7) is 17.2. The van der Waals surface area contributed by atoms with Crippen LogP contribution < -0.4 is 16.0 Å². The number of allylic oxidation sites excluding steroid dienone is 3. The summed E-state index contributed by atoms with van der Waals surface area (Å²) >= 11 is 0. The summed E-state index contributed by atoms with van der Waals surface area (Å²) in [5.41, 5.74) is 2.05. The lowest BCUT2D eigenvalue weighted by Crippen LogP contribution is -2.54. The predicted molar refractivity (Wildman–Crippen MR) is 229 cm³/mol. The second-order valence-corrected chi connectivity index (χ2v) is 23.4. The number of hydrogen-bond acceptors (Lipinski definition) is 12. The molecule has 8 atom stereocenters. The number of ether oxygens (including phenoxy) is 4. The van der Waals surface area contributed by atoms with E-state index in [9.17, 15) is 28.8 Å². The third-order valence-electron chi connectivity index (χ3n) is 13.1. The standard InChI is InChI=1S/C45H64N4O11Si/c1-27-23-29-12-11-28(2)32(14-13-30-25-31(26-38(51)58-30)60-61(6,7)45(3,4)5)39(29)36(24-27)59-44(55)47-18-20-57-22-21-56-19-17-46-34-10-8-9-33-40(34)43(54)49(42(33)53)35-15-16-37(50)48-41(35)52/h8-12,23,27-28,30-32,35-36,39,46H,13-22,24-26H2,1-7H3,(H,47,55)(H,48,50,52)/t27-,28-,30+,31+,32-,35?,36-,39-/m0/s1. The van der Waals surface area contributed by atoms with E-state index >= 15 is 0 Å². The largest absolute Gasteiger partial charge is 0.462 e. The molecule has 5 amide bonds. The van der Waals surface area contributed by atoms with Gasteiger partial charge in [-0.05, 0) is 79.3 Å². The van der Waals surface area contributed by atoms with Gasteiger partial charge in [0.25, 0.3) is 11.8 Å². The number of amides is 5. The number of benzene rings is 1. The minimum Gasteiger partial charge on any atom is -0.462 e. The minimum absolute atomic E-state index is 0.0433. The first-order valence-corrected chi connectivity index (χ1v) is 24.8. The lowest BCUT2D eigenvalue weighted by atomic mass is 9.65. The maximum Gasteiger partial charge on any atom is 0.407 e. The molecule has 0 spiro atoms. The first-order valence-electron chi connectivity index (χ1n) is 21.9. The van der Waals surface area contributed by atoms with E-state index in [-0.39, 0.29) is 90.1 Å². The number of nitrogens with one attached hydrogen (secondary N) is 3. The van der Waals surface area contributed by atoms with Gasteiger partial charge in [-0.25, -0.2) is 4.79 Å². The van der Waals surface area contributed by atoms with Gasteiger partial charge in [0.1, 0.15) is 18.2 Å². The lowest BCUT2D eigenvalue weighted by Gasteiger charge is -2.44. The Balaban J connectivity index is 0.895. The van der Waals surface area contributed by atoms with Crippen molar-refractivity contribution in [1.82, 2.24) is 15.5 Å². The Hall–Kier alpha value is -4.38. The highest BCUT2D eigenvalue weighted by molar-refractivity contribution is 6.74. The zero-order chi connectivity index (χ0) is 44.1. The summed E-state index contributed by atoms with van der Waals surface area (Å²) in [5.74, 6) is -1.63. The van der Waals surface area contributed by atoms with Gasteiger partial charge in [-0.3, -0.25) is 34.2 Å². The van der Waals surface area contributed by atoms with E-state index < -0.39 is 44.1 Å². The maximum absolute atomic E-state index is 13.3. The van der Waals surface area contributed by atoms with Crippen molar-refractivity contribution in [2.75, 3.05) is 44.8 Å². The molecule has 0 aromatic heterocycles. The number of carbonyl (C=O) groups is 6. The van der Waals surface area contributed by atoms with E-state index in [0.29, 0.717) is 44.9 Å². The third kappa shape index (κ3) is 11.2. The first kappa shape index (κ1) is 46.1. The zero-order valence-corrected chi connectivity index (χ0v) is 37.7. The molecule has 334 valence electrons. The van der Waals surface area contributed by atoms with Crippen LogP contribution in [0.1, 0.15) is 100 Å². The molecule has 1 aromatic rings. The molecule has 61 heavy (non-hydrogen) atoms.